The van der Waals surface area contributed by atoms with E-state index in [0.717, 1.165) is 17.7 Å². The molecular formula is C13H18ClNO2. The van der Waals surface area contributed by atoms with Crippen LogP contribution in [0.5, 0.6) is 0 Å². The van der Waals surface area contributed by atoms with Crippen molar-refractivity contribution in [3.05, 3.63) is 28.8 Å². The van der Waals surface area contributed by atoms with E-state index in [9.17, 15) is 4.79 Å². The Kier molecular flexibility index (Phi) is 4.82. The minimum atomic E-state index is -0.824. The normalized spacial score (nSPS) is 12.2. The topological polar surface area (TPSA) is 40.5 Å². The summed E-state index contributed by atoms with van der Waals surface area (Å²) in [5.41, 5.74) is 1.85. The molecule has 0 aliphatic rings. The van der Waals surface area contributed by atoms with Crippen molar-refractivity contribution in [2.45, 2.75) is 33.2 Å². The highest BCUT2D eigenvalue weighted by Crippen LogP contribution is 2.24. The average Bonchev–Trinajstić information content (AvgIpc) is 2.29. The first-order valence-corrected chi connectivity index (χ1v) is 6.10. The van der Waals surface area contributed by atoms with Gasteiger partial charge in [0.25, 0.3) is 0 Å². The van der Waals surface area contributed by atoms with Crippen LogP contribution in [-0.2, 0) is 4.79 Å². The summed E-state index contributed by atoms with van der Waals surface area (Å²) in [6.45, 7) is 6.34. The minimum absolute atomic E-state index is 0.547. The van der Waals surface area contributed by atoms with Gasteiger partial charge in [0.05, 0.1) is 0 Å². The number of anilines is 1. The Morgan fingerprint density at radius 2 is 2.18 bits per heavy atom. The first-order chi connectivity index (χ1) is 7.97. The molecule has 0 bridgehead atoms. The van der Waals surface area contributed by atoms with Gasteiger partial charge in [0, 0.05) is 17.3 Å². The summed E-state index contributed by atoms with van der Waals surface area (Å²) < 4.78 is 0. The van der Waals surface area contributed by atoms with Crippen molar-refractivity contribution in [3.8, 4) is 0 Å². The van der Waals surface area contributed by atoms with Crippen LogP contribution in [0.2, 0.25) is 5.02 Å². The Morgan fingerprint density at radius 1 is 1.53 bits per heavy atom. The van der Waals surface area contributed by atoms with Gasteiger partial charge in [-0.05, 0) is 38.0 Å². The van der Waals surface area contributed by atoms with E-state index in [1.165, 1.54) is 0 Å². The molecule has 0 saturated heterocycles. The van der Waals surface area contributed by atoms with E-state index in [2.05, 4.69) is 0 Å². The molecule has 1 unspecified atom stereocenters. The van der Waals surface area contributed by atoms with E-state index in [1.807, 2.05) is 36.9 Å². The zero-order valence-corrected chi connectivity index (χ0v) is 11.2. The van der Waals surface area contributed by atoms with Crippen LogP contribution in [0.4, 0.5) is 5.69 Å². The maximum Gasteiger partial charge on any atom is 0.326 e. The highest BCUT2D eigenvalue weighted by atomic mass is 35.5. The van der Waals surface area contributed by atoms with Gasteiger partial charge >= 0.3 is 5.97 Å². The highest BCUT2D eigenvalue weighted by Gasteiger charge is 2.20. The third kappa shape index (κ3) is 3.37. The molecule has 0 amide bonds. The lowest BCUT2D eigenvalue weighted by Gasteiger charge is -2.28. The number of nitrogens with zero attached hydrogens (tertiary/aromatic N) is 1. The van der Waals surface area contributed by atoms with Crippen LogP contribution >= 0.6 is 11.6 Å². The number of hydrogen-bond donors (Lipinski definition) is 1. The summed E-state index contributed by atoms with van der Waals surface area (Å²) in [4.78, 5) is 12.9. The largest absolute Gasteiger partial charge is 0.480 e. The first-order valence-electron chi connectivity index (χ1n) is 5.73. The van der Waals surface area contributed by atoms with Crippen molar-refractivity contribution in [2.75, 3.05) is 11.4 Å². The Bertz CT molecular complexity index is 406. The molecule has 17 heavy (non-hydrogen) atoms. The third-order valence-electron chi connectivity index (χ3n) is 2.78. The van der Waals surface area contributed by atoms with Crippen LogP contribution in [0.25, 0.3) is 0 Å². The number of halogens is 1. The standard InChI is InChI=1S/C13H18ClNO2/c1-4-7-15(10(3)13(16)17)11-6-5-9(2)12(14)8-11/h5-6,8,10H,4,7H2,1-3H3,(H,16,17). The van der Waals surface area contributed by atoms with Gasteiger partial charge in [-0.2, -0.15) is 0 Å². The molecule has 4 heteroatoms. The Labute approximate surface area is 107 Å². The molecule has 1 N–H and O–H groups in total. The fourth-order valence-electron chi connectivity index (χ4n) is 1.68. The maximum atomic E-state index is 11.1. The van der Waals surface area contributed by atoms with E-state index in [-0.39, 0.29) is 0 Å². The van der Waals surface area contributed by atoms with E-state index >= 15 is 0 Å². The molecule has 1 aromatic rings. The van der Waals surface area contributed by atoms with Gasteiger partial charge in [0.15, 0.2) is 0 Å². The van der Waals surface area contributed by atoms with Gasteiger partial charge in [-0.15, -0.1) is 0 Å². The molecular weight excluding hydrogens is 238 g/mol. The number of benzene rings is 1. The summed E-state index contributed by atoms with van der Waals surface area (Å²) in [5.74, 6) is -0.824. The van der Waals surface area contributed by atoms with Crippen molar-refractivity contribution in [1.29, 1.82) is 0 Å². The van der Waals surface area contributed by atoms with Gasteiger partial charge in [-0.1, -0.05) is 24.6 Å². The number of hydrogen-bond acceptors (Lipinski definition) is 2. The molecule has 0 aliphatic carbocycles. The van der Waals surface area contributed by atoms with Crippen LogP contribution in [-0.4, -0.2) is 23.7 Å². The molecule has 1 aromatic carbocycles. The lowest BCUT2D eigenvalue weighted by molar-refractivity contribution is -0.138. The van der Waals surface area contributed by atoms with Crippen LogP contribution < -0.4 is 4.90 Å². The maximum absolute atomic E-state index is 11.1. The lowest BCUT2D eigenvalue weighted by atomic mass is 10.1. The van der Waals surface area contributed by atoms with Crippen molar-refractivity contribution in [3.63, 3.8) is 0 Å². The van der Waals surface area contributed by atoms with E-state index in [0.29, 0.717) is 11.6 Å². The molecule has 0 aliphatic heterocycles. The van der Waals surface area contributed by atoms with Crippen LogP contribution in [0.15, 0.2) is 18.2 Å². The SMILES string of the molecule is CCCN(c1ccc(C)c(Cl)c1)C(C)C(=O)O. The van der Waals surface area contributed by atoms with E-state index in [1.54, 1.807) is 6.92 Å². The molecule has 0 saturated carbocycles. The molecule has 0 fully saturated rings. The van der Waals surface area contributed by atoms with Gasteiger partial charge < -0.3 is 10.0 Å². The number of rotatable bonds is 5. The summed E-state index contributed by atoms with van der Waals surface area (Å²) in [5, 5.41) is 9.76. The quantitative estimate of drug-likeness (QED) is 0.877. The number of carboxylic acids is 1. The smallest absolute Gasteiger partial charge is 0.326 e. The highest BCUT2D eigenvalue weighted by molar-refractivity contribution is 6.31. The summed E-state index contributed by atoms with van der Waals surface area (Å²) in [7, 11) is 0. The Hall–Kier alpha value is -1.22. The Balaban J connectivity index is 3.04. The van der Waals surface area contributed by atoms with Crippen molar-refractivity contribution in [1.82, 2.24) is 0 Å². The zero-order valence-electron chi connectivity index (χ0n) is 10.4. The number of aryl methyl sites for hydroxylation is 1. The zero-order chi connectivity index (χ0) is 13.0. The number of carbonyl (C=O) groups is 1. The fourth-order valence-corrected chi connectivity index (χ4v) is 1.86. The number of aliphatic carboxylic acids is 1. The minimum Gasteiger partial charge on any atom is -0.480 e. The molecule has 0 heterocycles. The van der Waals surface area contributed by atoms with E-state index in [4.69, 9.17) is 16.7 Å². The van der Waals surface area contributed by atoms with Gasteiger partial charge in [0.2, 0.25) is 0 Å². The number of carboxylic acid groups (broad SMARTS) is 1. The van der Waals surface area contributed by atoms with Gasteiger partial charge in [-0.3, -0.25) is 0 Å². The lowest BCUT2D eigenvalue weighted by Crippen LogP contribution is -2.39. The van der Waals surface area contributed by atoms with Crippen molar-refractivity contribution >= 4 is 23.3 Å². The molecule has 94 valence electrons. The van der Waals surface area contributed by atoms with Crippen LogP contribution in [0.1, 0.15) is 25.8 Å². The average molecular weight is 256 g/mol. The molecule has 1 atom stereocenters. The van der Waals surface area contributed by atoms with Gasteiger partial charge in [-0.25, -0.2) is 4.79 Å². The molecule has 0 aromatic heterocycles. The monoisotopic (exact) mass is 255 g/mol. The third-order valence-corrected chi connectivity index (χ3v) is 3.18. The van der Waals surface area contributed by atoms with E-state index < -0.39 is 12.0 Å². The van der Waals surface area contributed by atoms with Crippen LogP contribution in [0.3, 0.4) is 0 Å². The van der Waals surface area contributed by atoms with Crippen LogP contribution in [0, 0.1) is 6.92 Å². The summed E-state index contributed by atoms with van der Waals surface area (Å²) >= 11 is 6.07. The summed E-state index contributed by atoms with van der Waals surface area (Å²) in [6.07, 6.45) is 0.892. The first kappa shape index (κ1) is 13.8. The molecule has 1 rings (SSSR count). The van der Waals surface area contributed by atoms with Crippen molar-refractivity contribution in [2.24, 2.45) is 0 Å². The Morgan fingerprint density at radius 3 is 2.65 bits per heavy atom. The molecule has 3 nitrogen and oxygen atoms in total. The molecule has 0 radical (unpaired) electrons. The second kappa shape index (κ2) is 5.92. The molecule has 0 spiro atoms. The predicted octanol–water partition coefficient (Wildman–Crippen LogP) is 3.34. The fraction of sp³-hybridized carbons (Fsp3) is 0.462. The van der Waals surface area contributed by atoms with Crippen molar-refractivity contribution < 1.29 is 9.90 Å². The summed E-state index contributed by atoms with van der Waals surface area (Å²) in [6, 6.07) is 5.10. The second-order valence-electron chi connectivity index (χ2n) is 4.14. The van der Waals surface area contributed by atoms with Gasteiger partial charge in [0.1, 0.15) is 6.04 Å². The predicted molar refractivity (Wildman–Crippen MR) is 70.9 cm³/mol. The second-order valence-corrected chi connectivity index (χ2v) is 4.55.